The highest BCUT2D eigenvalue weighted by atomic mass is 14.9. The highest BCUT2D eigenvalue weighted by molar-refractivity contribution is 4.83. The topological polar surface area (TPSA) is 12.0 Å². The number of rotatable bonds is 11. The molecule has 0 aromatic heterocycles. The second kappa shape index (κ2) is 11.8. The molecule has 0 aromatic carbocycles. The van der Waals surface area contributed by atoms with Crippen LogP contribution >= 0.6 is 0 Å². The van der Waals surface area contributed by atoms with Crippen molar-refractivity contribution in [3.05, 3.63) is 12.2 Å². The Morgan fingerprint density at radius 1 is 0.778 bits per heavy atom. The standard InChI is InChI=1S/C17H35N/c1-5-6-7-8-9-10-11-12-13-14-15-16-18-17(2,3)4/h13-14,18H,5-12,15-16H2,1-4H3. The predicted octanol–water partition coefficient (Wildman–Crippen LogP) is 5.46. The quantitative estimate of drug-likeness (QED) is 0.381. The van der Waals surface area contributed by atoms with Crippen LogP contribution in [0.5, 0.6) is 0 Å². The second-order valence-corrected chi connectivity index (χ2v) is 6.35. The molecule has 0 saturated carbocycles. The van der Waals surface area contributed by atoms with Gasteiger partial charge in [-0.15, -0.1) is 0 Å². The van der Waals surface area contributed by atoms with Crippen molar-refractivity contribution in [3.63, 3.8) is 0 Å². The zero-order valence-electron chi connectivity index (χ0n) is 13.2. The predicted molar refractivity (Wildman–Crippen MR) is 84.1 cm³/mol. The Labute approximate surface area is 115 Å². The fourth-order valence-corrected chi connectivity index (χ4v) is 1.99. The molecule has 0 atom stereocenters. The Bertz CT molecular complexity index is 188. The van der Waals surface area contributed by atoms with Crippen LogP contribution in [0.3, 0.4) is 0 Å². The van der Waals surface area contributed by atoms with Crippen molar-refractivity contribution in [2.45, 2.75) is 91.0 Å². The Hall–Kier alpha value is -0.300. The van der Waals surface area contributed by atoms with Crippen LogP contribution in [0, 0.1) is 0 Å². The molecule has 1 nitrogen and oxygen atoms in total. The lowest BCUT2D eigenvalue weighted by molar-refractivity contribution is 0.431. The van der Waals surface area contributed by atoms with E-state index in [4.69, 9.17) is 0 Å². The average Bonchev–Trinajstić information content (AvgIpc) is 2.29. The number of allylic oxidation sites excluding steroid dienone is 1. The minimum absolute atomic E-state index is 0.256. The number of hydrogen-bond donors (Lipinski definition) is 1. The molecular formula is C17H35N. The van der Waals surface area contributed by atoms with E-state index in [1.54, 1.807) is 0 Å². The van der Waals surface area contributed by atoms with E-state index in [2.05, 4.69) is 45.2 Å². The molecule has 0 aromatic rings. The molecule has 1 heteroatoms. The first-order valence-corrected chi connectivity index (χ1v) is 7.96. The van der Waals surface area contributed by atoms with Gasteiger partial charge in [0, 0.05) is 5.54 Å². The highest BCUT2D eigenvalue weighted by Gasteiger charge is 2.05. The molecular weight excluding hydrogens is 218 g/mol. The number of nitrogens with one attached hydrogen (secondary N) is 1. The van der Waals surface area contributed by atoms with Crippen molar-refractivity contribution >= 4 is 0 Å². The number of unbranched alkanes of at least 4 members (excludes halogenated alkanes) is 7. The van der Waals surface area contributed by atoms with Gasteiger partial charge in [-0.05, 0) is 46.6 Å². The van der Waals surface area contributed by atoms with Crippen LogP contribution in [0.2, 0.25) is 0 Å². The molecule has 0 saturated heterocycles. The minimum atomic E-state index is 0.256. The summed E-state index contributed by atoms with van der Waals surface area (Å²) in [6, 6.07) is 0. The fraction of sp³-hybridized carbons (Fsp3) is 0.882. The first-order valence-electron chi connectivity index (χ1n) is 7.96. The second-order valence-electron chi connectivity index (χ2n) is 6.35. The molecule has 108 valence electrons. The van der Waals surface area contributed by atoms with Crippen molar-refractivity contribution in [1.29, 1.82) is 0 Å². The zero-order chi connectivity index (χ0) is 13.7. The van der Waals surface area contributed by atoms with Crippen LogP contribution in [0.15, 0.2) is 12.2 Å². The third-order valence-electron chi connectivity index (χ3n) is 3.11. The van der Waals surface area contributed by atoms with Gasteiger partial charge in [0.05, 0.1) is 0 Å². The smallest absolute Gasteiger partial charge is 0.00966 e. The third kappa shape index (κ3) is 15.7. The van der Waals surface area contributed by atoms with E-state index in [9.17, 15) is 0 Å². The maximum atomic E-state index is 3.50. The summed E-state index contributed by atoms with van der Waals surface area (Å²) in [6.45, 7) is 10.0. The van der Waals surface area contributed by atoms with Crippen molar-refractivity contribution < 1.29 is 0 Å². The van der Waals surface area contributed by atoms with Gasteiger partial charge in [0.25, 0.3) is 0 Å². The summed E-state index contributed by atoms with van der Waals surface area (Å²) in [5, 5.41) is 3.50. The van der Waals surface area contributed by atoms with E-state index in [0.29, 0.717) is 0 Å². The summed E-state index contributed by atoms with van der Waals surface area (Å²) >= 11 is 0. The van der Waals surface area contributed by atoms with E-state index >= 15 is 0 Å². The maximum absolute atomic E-state index is 3.50. The molecule has 0 amide bonds. The molecule has 0 aliphatic heterocycles. The lowest BCUT2D eigenvalue weighted by atomic mass is 10.1. The largest absolute Gasteiger partial charge is 0.312 e. The first-order chi connectivity index (χ1) is 8.56. The van der Waals surface area contributed by atoms with Gasteiger partial charge in [0.2, 0.25) is 0 Å². The average molecular weight is 253 g/mol. The van der Waals surface area contributed by atoms with Gasteiger partial charge >= 0.3 is 0 Å². The Morgan fingerprint density at radius 3 is 1.94 bits per heavy atom. The fourth-order valence-electron chi connectivity index (χ4n) is 1.99. The van der Waals surface area contributed by atoms with Gasteiger partial charge in [0.15, 0.2) is 0 Å². The minimum Gasteiger partial charge on any atom is -0.312 e. The molecule has 0 aliphatic carbocycles. The van der Waals surface area contributed by atoms with E-state index in [-0.39, 0.29) is 5.54 Å². The Kier molecular flexibility index (Phi) is 11.6. The van der Waals surface area contributed by atoms with Crippen molar-refractivity contribution in [2.24, 2.45) is 0 Å². The summed E-state index contributed by atoms with van der Waals surface area (Å²) in [5.74, 6) is 0. The molecule has 18 heavy (non-hydrogen) atoms. The Balaban J connectivity index is 3.14. The Morgan fingerprint density at radius 2 is 1.33 bits per heavy atom. The lowest BCUT2D eigenvalue weighted by Gasteiger charge is -2.19. The van der Waals surface area contributed by atoms with Crippen LogP contribution in [0.25, 0.3) is 0 Å². The molecule has 0 rings (SSSR count). The normalized spacial score (nSPS) is 12.4. The van der Waals surface area contributed by atoms with E-state index in [1.807, 2.05) is 0 Å². The summed E-state index contributed by atoms with van der Waals surface area (Å²) in [5.41, 5.74) is 0.256. The van der Waals surface area contributed by atoms with Crippen LogP contribution in [-0.4, -0.2) is 12.1 Å². The zero-order valence-corrected chi connectivity index (χ0v) is 13.2. The molecule has 0 fully saturated rings. The lowest BCUT2D eigenvalue weighted by Crippen LogP contribution is -2.36. The molecule has 0 unspecified atom stereocenters. The van der Waals surface area contributed by atoms with Gasteiger partial charge < -0.3 is 5.32 Å². The monoisotopic (exact) mass is 253 g/mol. The molecule has 0 heterocycles. The SMILES string of the molecule is CCCCCCCCCC=CCCNC(C)(C)C. The highest BCUT2D eigenvalue weighted by Crippen LogP contribution is 2.08. The van der Waals surface area contributed by atoms with Crippen molar-refractivity contribution in [2.75, 3.05) is 6.54 Å². The molecule has 0 radical (unpaired) electrons. The van der Waals surface area contributed by atoms with Gasteiger partial charge in [0.1, 0.15) is 0 Å². The first kappa shape index (κ1) is 17.7. The molecule has 0 aliphatic rings. The van der Waals surface area contributed by atoms with Crippen LogP contribution in [0.4, 0.5) is 0 Å². The van der Waals surface area contributed by atoms with E-state index in [0.717, 1.165) is 13.0 Å². The molecule has 0 bridgehead atoms. The van der Waals surface area contributed by atoms with Crippen LogP contribution in [0.1, 0.15) is 85.5 Å². The summed E-state index contributed by atoms with van der Waals surface area (Å²) < 4.78 is 0. The van der Waals surface area contributed by atoms with Gasteiger partial charge in [-0.25, -0.2) is 0 Å². The third-order valence-corrected chi connectivity index (χ3v) is 3.11. The molecule has 0 spiro atoms. The van der Waals surface area contributed by atoms with Crippen molar-refractivity contribution in [3.8, 4) is 0 Å². The van der Waals surface area contributed by atoms with Crippen molar-refractivity contribution in [1.82, 2.24) is 5.32 Å². The van der Waals surface area contributed by atoms with Crippen LogP contribution < -0.4 is 5.32 Å². The van der Waals surface area contributed by atoms with E-state index < -0.39 is 0 Å². The van der Waals surface area contributed by atoms with Gasteiger partial charge in [-0.1, -0.05) is 57.6 Å². The summed E-state index contributed by atoms with van der Waals surface area (Å²) in [7, 11) is 0. The van der Waals surface area contributed by atoms with E-state index in [1.165, 1.54) is 51.4 Å². The maximum Gasteiger partial charge on any atom is 0.00966 e. The van der Waals surface area contributed by atoms with Gasteiger partial charge in [-0.2, -0.15) is 0 Å². The van der Waals surface area contributed by atoms with Gasteiger partial charge in [-0.3, -0.25) is 0 Å². The summed E-state index contributed by atoms with van der Waals surface area (Å²) in [4.78, 5) is 0. The molecule has 1 N–H and O–H groups in total. The van der Waals surface area contributed by atoms with Crippen LogP contribution in [-0.2, 0) is 0 Å². The number of hydrogen-bond acceptors (Lipinski definition) is 1. The summed E-state index contributed by atoms with van der Waals surface area (Å²) in [6.07, 6.45) is 17.0.